The lowest BCUT2D eigenvalue weighted by atomic mass is 10.00. The van der Waals surface area contributed by atoms with Gasteiger partial charge in [0, 0.05) is 19.3 Å². The second kappa shape index (κ2) is 32.8. The van der Waals surface area contributed by atoms with Gasteiger partial charge in [0.2, 0.25) is 0 Å². The number of hydrogen-bond acceptors (Lipinski definition) is 6. The number of carbonyl (C=O) groups is 3. The Labute approximate surface area is 272 Å². The van der Waals surface area contributed by atoms with Crippen LogP contribution in [0.1, 0.15) is 201 Å². The molecule has 0 aromatic carbocycles. The van der Waals surface area contributed by atoms with Gasteiger partial charge in [0.15, 0.2) is 6.10 Å². The Balaban J connectivity index is 4.34. The minimum Gasteiger partial charge on any atom is -0.462 e. The summed E-state index contributed by atoms with van der Waals surface area (Å²) in [6, 6.07) is 0. The van der Waals surface area contributed by atoms with E-state index in [4.69, 9.17) is 14.2 Å². The summed E-state index contributed by atoms with van der Waals surface area (Å²) in [5.41, 5.74) is 0. The number of carbonyl (C=O) groups excluding carboxylic acids is 3. The summed E-state index contributed by atoms with van der Waals surface area (Å²) in [5, 5.41) is 0. The molecule has 0 saturated carbocycles. The molecule has 0 aromatic heterocycles. The van der Waals surface area contributed by atoms with Crippen molar-refractivity contribution in [2.45, 2.75) is 207 Å². The Hall–Kier alpha value is -1.59. The molecule has 0 aliphatic rings. The van der Waals surface area contributed by atoms with Crippen molar-refractivity contribution in [3.63, 3.8) is 0 Å². The Morgan fingerprint density at radius 1 is 0.455 bits per heavy atom. The van der Waals surface area contributed by atoms with Crippen molar-refractivity contribution in [2.24, 2.45) is 5.92 Å². The summed E-state index contributed by atoms with van der Waals surface area (Å²) in [6.45, 7) is 8.87. The lowest BCUT2D eigenvalue weighted by molar-refractivity contribution is -0.167. The molecule has 0 saturated heterocycles. The third-order valence-corrected chi connectivity index (χ3v) is 8.65. The van der Waals surface area contributed by atoms with E-state index in [1.165, 1.54) is 96.3 Å². The monoisotopic (exact) mass is 625 g/mol. The highest BCUT2D eigenvalue weighted by atomic mass is 16.6. The zero-order valence-corrected chi connectivity index (χ0v) is 29.6. The van der Waals surface area contributed by atoms with Gasteiger partial charge in [-0.3, -0.25) is 14.4 Å². The van der Waals surface area contributed by atoms with Crippen molar-refractivity contribution in [3.05, 3.63) is 0 Å². The minimum absolute atomic E-state index is 0.0665. The molecule has 1 unspecified atom stereocenters. The molecule has 6 nitrogen and oxygen atoms in total. The van der Waals surface area contributed by atoms with Crippen LogP contribution >= 0.6 is 0 Å². The summed E-state index contributed by atoms with van der Waals surface area (Å²) >= 11 is 0. The molecular weight excluding hydrogens is 552 g/mol. The first kappa shape index (κ1) is 42.4. The molecule has 44 heavy (non-hydrogen) atoms. The van der Waals surface area contributed by atoms with Crippen LogP contribution in [-0.2, 0) is 28.6 Å². The fraction of sp³-hybridized carbons (Fsp3) is 0.921. The fourth-order valence-corrected chi connectivity index (χ4v) is 5.36. The van der Waals surface area contributed by atoms with Crippen LogP contribution in [0.2, 0.25) is 0 Å². The Kier molecular flexibility index (Phi) is 31.6. The first-order valence-corrected chi connectivity index (χ1v) is 18.9. The Bertz CT molecular complexity index is 664. The van der Waals surface area contributed by atoms with Gasteiger partial charge < -0.3 is 14.2 Å². The zero-order chi connectivity index (χ0) is 32.5. The minimum atomic E-state index is -0.756. The molecule has 2 atom stereocenters. The average Bonchev–Trinajstić information content (AvgIpc) is 3.02. The van der Waals surface area contributed by atoms with E-state index in [0.29, 0.717) is 19.3 Å². The van der Waals surface area contributed by atoms with Crippen molar-refractivity contribution in [1.29, 1.82) is 0 Å². The van der Waals surface area contributed by atoms with Crippen molar-refractivity contribution >= 4 is 17.9 Å². The van der Waals surface area contributed by atoms with Gasteiger partial charge in [-0.05, 0) is 25.2 Å². The van der Waals surface area contributed by atoms with Crippen molar-refractivity contribution in [3.8, 4) is 0 Å². The van der Waals surface area contributed by atoms with Crippen LogP contribution in [0.15, 0.2) is 0 Å². The van der Waals surface area contributed by atoms with Crippen molar-refractivity contribution < 1.29 is 28.6 Å². The summed E-state index contributed by atoms with van der Waals surface area (Å²) in [7, 11) is 0. The van der Waals surface area contributed by atoms with Gasteiger partial charge in [-0.25, -0.2) is 0 Å². The van der Waals surface area contributed by atoms with Gasteiger partial charge in [0.05, 0.1) is 0 Å². The fourth-order valence-electron chi connectivity index (χ4n) is 5.36. The van der Waals surface area contributed by atoms with E-state index in [1.807, 2.05) is 0 Å². The molecule has 0 aromatic rings. The predicted octanol–water partition coefficient (Wildman–Crippen LogP) is 11.2. The number of unbranched alkanes of at least 4 members (excludes halogenated alkanes) is 19. The number of hydrogen-bond donors (Lipinski definition) is 0. The topological polar surface area (TPSA) is 78.9 Å². The molecule has 0 heterocycles. The van der Waals surface area contributed by atoms with Crippen LogP contribution in [0.4, 0.5) is 0 Å². The maximum Gasteiger partial charge on any atom is 0.306 e. The van der Waals surface area contributed by atoms with E-state index in [-0.39, 0.29) is 31.1 Å². The highest BCUT2D eigenvalue weighted by Crippen LogP contribution is 2.15. The standard InChI is InChI=1S/C38H72O6/c1-5-8-10-12-14-15-17-21-25-29-36(39)42-32-35(44-38(41)31-27-23-16-13-11-9-6-2)33-43-37(40)30-26-22-19-18-20-24-28-34(4)7-3/h34-35H,5-33H2,1-4H3/t34?,35-/m1/s1. The Morgan fingerprint density at radius 2 is 0.795 bits per heavy atom. The van der Waals surface area contributed by atoms with E-state index in [9.17, 15) is 14.4 Å². The van der Waals surface area contributed by atoms with Gasteiger partial charge in [0.1, 0.15) is 13.2 Å². The second-order valence-corrected chi connectivity index (χ2v) is 13.1. The smallest absolute Gasteiger partial charge is 0.306 e. The SMILES string of the molecule is CCCCCCCCCCCC(=O)OC[C@H](COC(=O)CCCCCCCCC(C)CC)OC(=O)CCCCCCCCC. The number of esters is 3. The molecule has 6 heteroatoms. The third kappa shape index (κ3) is 30.4. The first-order chi connectivity index (χ1) is 21.4. The van der Waals surface area contributed by atoms with Gasteiger partial charge >= 0.3 is 17.9 Å². The molecule has 0 radical (unpaired) electrons. The van der Waals surface area contributed by atoms with Crippen LogP contribution < -0.4 is 0 Å². The maximum atomic E-state index is 12.5. The lowest BCUT2D eigenvalue weighted by Crippen LogP contribution is -2.30. The van der Waals surface area contributed by atoms with Crippen molar-refractivity contribution in [2.75, 3.05) is 13.2 Å². The molecule has 0 bridgehead atoms. The molecule has 0 aliphatic carbocycles. The Morgan fingerprint density at radius 3 is 1.18 bits per heavy atom. The molecule has 0 rings (SSSR count). The average molecular weight is 625 g/mol. The quantitative estimate of drug-likeness (QED) is 0.0410. The first-order valence-electron chi connectivity index (χ1n) is 18.9. The molecule has 0 fully saturated rings. The molecule has 260 valence electrons. The molecule has 0 aliphatic heterocycles. The summed E-state index contributed by atoms with van der Waals surface area (Å²) in [6.07, 6.45) is 28.1. The van der Waals surface area contributed by atoms with Crippen LogP contribution in [0.3, 0.4) is 0 Å². The van der Waals surface area contributed by atoms with E-state index in [2.05, 4.69) is 27.7 Å². The van der Waals surface area contributed by atoms with Gasteiger partial charge in [0.25, 0.3) is 0 Å². The highest BCUT2D eigenvalue weighted by molar-refractivity contribution is 5.71. The van der Waals surface area contributed by atoms with Gasteiger partial charge in [-0.2, -0.15) is 0 Å². The summed E-state index contributed by atoms with van der Waals surface area (Å²) in [4.78, 5) is 37.2. The van der Waals surface area contributed by atoms with E-state index >= 15 is 0 Å². The number of ether oxygens (including phenoxy) is 3. The van der Waals surface area contributed by atoms with E-state index < -0.39 is 6.10 Å². The van der Waals surface area contributed by atoms with Gasteiger partial charge in [-0.1, -0.05) is 163 Å². The predicted molar refractivity (Wildman–Crippen MR) is 183 cm³/mol. The second-order valence-electron chi connectivity index (χ2n) is 13.1. The van der Waals surface area contributed by atoms with Gasteiger partial charge in [-0.15, -0.1) is 0 Å². The van der Waals surface area contributed by atoms with E-state index in [1.54, 1.807) is 0 Å². The molecular formula is C38H72O6. The lowest BCUT2D eigenvalue weighted by Gasteiger charge is -2.18. The van der Waals surface area contributed by atoms with Crippen LogP contribution in [-0.4, -0.2) is 37.2 Å². The zero-order valence-electron chi connectivity index (χ0n) is 29.6. The highest BCUT2D eigenvalue weighted by Gasteiger charge is 2.19. The summed E-state index contributed by atoms with van der Waals surface area (Å²) < 4.78 is 16.5. The van der Waals surface area contributed by atoms with Crippen molar-refractivity contribution in [1.82, 2.24) is 0 Å². The van der Waals surface area contributed by atoms with Crippen LogP contribution in [0, 0.1) is 5.92 Å². The molecule has 0 spiro atoms. The van der Waals surface area contributed by atoms with Crippen LogP contribution in [0.5, 0.6) is 0 Å². The largest absolute Gasteiger partial charge is 0.462 e. The maximum absolute atomic E-state index is 12.5. The molecule has 0 N–H and O–H groups in total. The normalized spacial score (nSPS) is 12.5. The molecule has 0 amide bonds. The van der Waals surface area contributed by atoms with Crippen LogP contribution in [0.25, 0.3) is 0 Å². The number of rotatable bonds is 33. The van der Waals surface area contributed by atoms with E-state index in [0.717, 1.165) is 63.7 Å². The summed E-state index contributed by atoms with van der Waals surface area (Å²) in [5.74, 6) is -0.0631. The third-order valence-electron chi connectivity index (χ3n) is 8.65.